The Bertz CT molecular complexity index is 974. The quantitative estimate of drug-likeness (QED) is 0.705. The Morgan fingerprint density at radius 3 is 2.60 bits per heavy atom. The van der Waals surface area contributed by atoms with E-state index in [1.54, 1.807) is 18.2 Å². The lowest BCUT2D eigenvalue weighted by molar-refractivity contribution is -0.123. The molecular weight excluding hydrogens is 400 g/mol. The Morgan fingerprint density at radius 2 is 1.93 bits per heavy atom. The number of hydrogen-bond donors (Lipinski definition) is 2. The highest BCUT2D eigenvalue weighted by Gasteiger charge is 2.34. The molecule has 0 bridgehead atoms. The Balaban J connectivity index is 1.97. The lowest BCUT2D eigenvalue weighted by Gasteiger charge is -2.26. The van der Waals surface area contributed by atoms with E-state index in [9.17, 15) is 13.2 Å². The first kappa shape index (κ1) is 22.3. The van der Waals surface area contributed by atoms with E-state index in [-0.39, 0.29) is 41.2 Å². The Hall–Kier alpha value is -2.38. The normalized spacial score (nSPS) is 20.3. The van der Waals surface area contributed by atoms with Crippen molar-refractivity contribution >= 4 is 15.7 Å². The van der Waals surface area contributed by atoms with Gasteiger partial charge in [0.05, 0.1) is 16.7 Å². The third-order valence-electron chi connectivity index (χ3n) is 5.29. The highest BCUT2D eigenvalue weighted by molar-refractivity contribution is 7.91. The zero-order chi connectivity index (χ0) is 21.7. The van der Waals surface area contributed by atoms with Gasteiger partial charge in [0, 0.05) is 12.6 Å². The Labute approximate surface area is 178 Å². The van der Waals surface area contributed by atoms with Crippen LogP contribution in [0.15, 0.2) is 53.4 Å². The second-order valence-corrected chi connectivity index (χ2v) is 9.98. The summed E-state index contributed by atoms with van der Waals surface area (Å²) in [5, 5.41) is 6.30. The van der Waals surface area contributed by atoms with E-state index in [0.29, 0.717) is 17.9 Å². The number of sulfone groups is 1. The van der Waals surface area contributed by atoms with Crippen LogP contribution in [0.25, 0.3) is 0 Å². The number of carbonyl (C=O) groups excluding carboxylic acids is 1. The van der Waals surface area contributed by atoms with Gasteiger partial charge in [0.1, 0.15) is 5.75 Å². The number of fused-ring (bicyclic) bond motifs is 1. The maximum Gasteiger partial charge on any atom is 0.257 e. The third-order valence-corrected chi connectivity index (χ3v) is 7.11. The predicted molar refractivity (Wildman–Crippen MR) is 117 cm³/mol. The SMILES string of the molecule is CCCNC(=O)COc1ccc2c(c1)S(=O)(=O)CC(C(C)C)NC2c1ccccc1. The molecule has 30 heavy (non-hydrogen) atoms. The number of ether oxygens (including phenoxy) is 1. The molecule has 6 nitrogen and oxygen atoms in total. The molecular formula is C23H30N2O4S. The van der Waals surface area contributed by atoms with Gasteiger partial charge in [-0.3, -0.25) is 4.79 Å². The van der Waals surface area contributed by atoms with E-state index >= 15 is 0 Å². The van der Waals surface area contributed by atoms with Crippen molar-refractivity contribution < 1.29 is 17.9 Å². The second kappa shape index (κ2) is 9.62. The van der Waals surface area contributed by atoms with Crippen molar-refractivity contribution in [1.29, 1.82) is 0 Å². The molecule has 0 fully saturated rings. The van der Waals surface area contributed by atoms with Gasteiger partial charge in [-0.2, -0.15) is 0 Å². The number of benzene rings is 2. The highest BCUT2D eigenvalue weighted by Crippen LogP contribution is 2.35. The largest absolute Gasteiger partial charge is 0.484 e. The van der Waals surface area contributed by atoms with Crippen LogP contribution in [-0.4, -0.2) is 39.3 Å². The minimum Gasteiger partial charge on any atom is -0.484 e. The molecule has 2 aromatic carbocycles. The van der Waals surface area contributed by atoms with E-state index in [1.165, 1.54) is 0 Å². The fraction of sp³-hybridized carbons (Fsp3) is 0.435. The molecule has 1 aliphatic rings. The van der Waals surface area contributed by atoms with Crippen molar-refractivity contribution in [3.63, 3.8) is 0 Å². The highest BCUT2D eigenvalue weighted by atomic mass is 32.2. The molecule has 1 heterocycles. The molecule has 1 amide bonds. The molecule has 0 radical (unpaired) electrons. The molecule has 1 aliphatic heterocycles. The number of carbonyl (C=O) groups is 1. The number of hydrogen-bond acceptors (Lipinski definition) is 5. The first-order valence-electron chi connectivity index (χ1n) is 10.4. The van der Waals surface area contributed by atoms with Gasteiger partial charge in [-0.15, -0.1) is 0 Å². The smallest absolute Gasteiger partial charge is 0.257 e. The molecule has 7 heteroatoms. The van der Waals surface area contributed by atoms with E-state index in [0.717, 1.165) is 12.0 Å². The molecule has 0 aliphatic carbocycles. The van der Waals surface area contributed by atoms with Crippen molar-refractivity contribution in [2.24, 2.45) is 5.92 Å². The van der Waals surface area contributed by atoms with Crippen LogP contribution in [0.4, 0.5) is 0 Å². The fourth-order valence-corrected chi connectivity index (χ4v) is 5.54. The van der Waals surface area contributed by atoms with Crippen molar-refractivity contribution in [3.8, 4) is 5.75 Å². The molecule has 2 unspecified atom stereocenters. The van der Waals surface area contributed by atoms with Gasteiger partial charge in [-0.1, -0.05) is 57.2 Å². The van der Waals surface area contributed by atoms with Gasteiger partial charge in [-0.25, -0.2) is 8.42 Å². The Morgan fingerprint density at radius 1 is 1.20 bits per heavy atom. The van der Waals surface area contributed by atoms with Crippen LogP contribution < -0.4 is 15.4 Å². The van der Waals surface area contributed by atoms with Gasteiger partial charge in [0.2, 0.25) is 0 Å². The minimum absolute atomic E-state index is 0.0153. The van der Waals surface area contributed by atoms with Crippen LogP contribution >= 0.6 is 0 Å². The first-order valence-corrected chi connectivity index (χ1v) is 12.0. The predicted octanol–water partition coefficient (Wildman–Crippen LogP) is 3.08. The average molecular weight is 431 g/mol. The standard InChI is InChI=1S/C23H30N2O4S/c1-4-12-24-22(26)14-29-18-10-11-19-21(13-18)30(27,28)15-20(16(2)3)25-23(19)17-8-6-5-7-9-17/h5-11,13,16,20,23,25H,4,12,14-15H2,1-3H3,(H,24,26). The summed E-state index contributed by atoms with van der Waals surface area (Å²) >= 11 is 0. The summed E-state index contributed by atoms with van der Waals surface area (Å²) in [5.41, 5.74) is 1.71. The van der Waals surface area contributed by atoms with Gasteiger partial charge >= 0.3 is 0 Å². The second-order valence-electron chi connectivity index (χ2n) is 7.98. The molecule has 0 aromatic heterocycles. The number of nitrogens with one attached hydrogen (secondary N) is 2. The summed E-state index contributed by atoms with van der Waals surface area (Å²) in [6.07, 6.45) is 0.841. The fourth-order valence-electron chi connectivity index (χ4n) is 3.56. The summed E-state index contributed by atoms with van der Waals surface area (Å²) in [6.45, 7) is 6.46. The van der Waals surface area contributed by atoms with Gasteiger partial charge in [0.15, 0.2) is 16.4 Å². The Kier molecular flexibility index (Phi) is 7.15. The van der Waals surface area contributed by atoms with Gasteiger partial charge in [-0.05, 0) is 35.6 Å². The zero-order valence-electron chi connectivity index (χ0n) is 17.7. The minimum atomic E-state index is -3.53. The van der Waals surface area contributed by atoms with E-state index in [4.69, 9.17) is 4.74 Å². The number of rotatable bonds is 7. The number of amides is 1. The summed E-state index contributed by atoms with van der Waals surface area (Å²) in [5.74, 6) is 0.317. The lowest BCUT2D eigenvalue weighted by atomic mass is 9.96. The van der Waals surface area contributed by atoms with Crippen molar-refractivity contribution in [2.45, 2.75) is 44.2 Å². The molecule has 0 saturated carbocycles. The molecule has 2 N–H and O–H groups in total. The molecule has 2 atom stereocenters. The van der Waals surface area contributed by atoms with Gasteiger partial charge < -0.3 is 15.4 Å². The van der Waals surface area contributed by atoms with Crippen molar-refractivity contribution in [3.05, 3.63) is 59.7 Å². The molecule has 162 valence electrons. The zero-order valence-corrected chi connectivity index (χ0v) is 18.5. The van der Waals surface area contributed by atoms with Crippen LogP contribution in [0.2, 0.25) is 0 Å². The summed E-state index contributed by atoms with van der Waals surface area (Å²) in [4.78, 5) is 12.1. The molecule has 3 rings (SSSR count). The topological polar surface area (TPSA) is 84.5 Å². The summed E-state index contributed by atoms with van der Waals surface area (Å²) in [6, 6.07) is 14.5. The summed E-state index contributed by atoms with van der Waals surface area (Å²) < 4.78 is 32.1. The molecule has 2 aromatic rings. The van der Waals surface area contributed by atoms with Gasteiger partial charge in [0.25, 0.3) is 5.91 Å². The average Bonchev–Trinajstić information content (AvgIpc) is 2.85. The van der Waals surface area contributed by atoms with Crippen molar-refractivity contribution in [2.75, 3.05) is 18.9 Å². The van der Waals surface area contributed by atoms with Crippen LogP contribution in [0.3, 0.4) is 0 Å². The monoisotopic (exact) mass is 430 g/mol. The lowest BCUT2D eigenvalue weighted by Crippen LogP contribution is -2.39. The van der Waals surface area contributed by atoms with Crippen LogP contribution in [0.5, 0.6) is 5.75 Å². The van der Waals surface area contributed by atoms with E-state index < -0.39 is 9.84 Å². The van der Waals surface area contributed by atoms with Crippen LogP contribution in [0, 0.1) is 5.92 Å². The van der Waals surface area contributed by atoms with Crippen LogP contribution in [-0.2, 0) is 14.6 Å². The first-order chi connectivity index (χ1) is 14.3. The maximum atomic E-state index is 13.2. The summed E-state index contributed by atoms with van der Waals surface area (Å²) in [7, 11) is -3.53. The molecule has 0 spiro atoms. The maximum absolute atomic E-state index is 13.2. The van der Waals surface area contributed by atoms with Crippen molar-refractivity contribution in [1.82, 2.24) is 10.6 Å². The van der Waals surface area contributed by atoms with E-state index in [2.05, 4.69) is 10.6 Å². The molecule has 0 saturated heterocycles. The third kappa shape index (κ3) is 5.21. The van der Waals surface area contributed by atoms with E-state index in [1.807, 2.05) is 51.1 Å². The van der Waals surface area contributed by atoms with Crippen LogP contribution in [0.1, 0.15) is 44.4 Å².